The summed E-state index contributed by atoms with van der Waals surface area (Å²) >= 11 is 5.82. The summed E-state index contributed by atoms with van der Waals surface area (Å²) in [5, 5.41) is 0. The van der Waals surface area contributed by atoms with Gasteiger partial charge >= 0.3 is 0 Å². The van der Waals surface area contributed by atoms with Crippen molar-refractivity contribution in [2.75, 3.05) is 18.0 Å². The molecule has 19 heavy (non-hydrogen) atoms. The quantitative estimate of drug-likeness (QED) is 0.705. The van der Waals surface area contributed by atoms with Crippen molar-refractivity contribution in [2.24, 2.45) is 5.92 Å². The number of nitrogens with zero attached hydrogens (tertiary/aromatic N) is 1. The third-order valence-corrected chi connectivity index (χ3v) is 4.31. The van der Waals surface area contributed by atoms with Crippen molar-refractivity contribution in [1.82, 2.24) is 0 Å². The number of rotatable bonds is 4. The Kier molecular flexibility index (Phi) is 5.50. The van der Waals surface area contributed by atoms with E-state index in [9.17, 15) is 4.39 Å². The first-order valence-corrected chi connectivity index (χ1v) is 7.86. The second kappa shape index (κ2) is 7.14. The predicted molar refractivity (Wildman–Crippen MR) is 80.4 cm³/mol. The lowest BCUT2D eigenvalue weighted by atomic mass is 9.96. The third-order valence-electron chi connectivity index (χ3n) is 4.01. The number of benzene rings is 1. The van der Waals surface area contributed by atoms with Gasteiger partial charge in [-0.3, -0.25) is 0 Å². The van der Waals surface area contributed by atoms with Gasteiger partial charge in [-0.25, -0.2) is 4.39 Å². The van der Waals surface area contributed by atoms with E-state index in [2.05, 4.69) is 11.8 Å². The van der Waals surface area contributed by atoms with Crippen LogP contribution in [-0.4, -0.2) is 13.1 Å². The molecule has 1 atom stereocenters. The Labute approximate surface area is 120 Å². The molecule has 0 N–H and O–H groups in total. The summed E-state index contributed by atoms with van der Waals surface area (Å²) in [6, 6.07) is 5.18. The fraction of sp³-hybridized carbons (Fsp3) is 0.625. The van der Waals surface area contributed by atoms with Crippen LogP contribution in [0.15, 0.2) is 18.2 Å². The van der Waals surface area contributed by atoms with E-state index in [1.165, 1.54) is 38.2 Å². The normalized spacial score (nSPS) is 20.4. The molecule has 1 fully saturated rings. The Morgan fingerprint density at radius 2 is 2.11 bits per heavy atom. The molecule has 0 spiro atoms. The van der Waals surface area contributed by atoms with E-state index >= 15 is 0 Å². The van der Waals surface area contributed by atoms with Gasteiger partial charge in [-0.15, -0.1) is 11.6 Å². The molecule has 0 amide bonds. The Bertz CT molecular complexity index is 408. The minimum absolute atomic E-state index is 0.178. The molecule has 0 aliphatic carbocycles. The van der Waals surface area contributed by atoms with Gasteiger partial charge < -0.3 is 4.90 Å². The standard InChI is InChI=1S/C16H23ClFN/c1-2-4-13-5-3-7-19(8-6-13)16-10-14(12-17)9-15(18)11-16/h9-11,13H,2-8,12H2,1H3. The van der Waals surface area contributed by atoms with Gasteiger partial charge in [0.2, 0.25) is 0 Å². The minimum atomic E-state index is -0.178. The van der Waals surface area contributed by atoms with E-state index in [1.54, 1.807) is 6.07 Å². The van der Waals surface area contributed by atoms with E-state index in [4.69, 9.17) is 11.6 Å². The smallest absolute Gasteiger partial charge is 0.125 e. The zero-order valence-corrected chi connectivity index (χ0v) is 12.4. The van der Waals surface area contributed by atoms with Gasteiger partial charge in [-0.2, -0.15) is 0 Å². The summed E-state index contributed by atoms with van der Waals surface area (Å²) in [5.74, 6) is 1.04. The van der Waals surface area contributed by atoms with Crippen LogP contribution in [0.3, 0.4) is 0 Å². The molecule has 1 saturated heterocycles. The zero-order chi connectivity index (χ0) is 13.7. The largest absolute Gasteiger partial charge is 0.371 e. The van der Waals surface area contributed by atoms with E-state index < -0.39 is 0 Å². The van der Waals surface area contributed by atoms with Crippen molar-refractivity contribution >= 4 is 17.3 Å². The van der Waals surface area contributed by atoms with Crippen LogP contribution in [0.25, 0.3) is 0 Å². The van der Waals surface area contributed by atoms with E-state index in [1.807, 2.05) is 6.07 Å². The highest BCUT2D eigenvalue weighted by Gasteiger charge is 2.17. The number of hydrogen-bond donors (Lipinski definition) is 0. The number of alkyl halides is 1. The van der Waals surface area contributed by atoms with Crippen molar-refractivity contribution < 1.29 is 4.39 Å². The highest BCUT2D eigenvalue weighted by atomic mass is 35.5. The molecule has 1 aromatic rings. The molecule has 106 valence electrons. The Hall–Kier alpha value is -0.760. The van der Waals surface area contributed by atoms with Crippen LogP contribution < -0.4 is 4.90 Å². The summed E-state index contributed by atoms with van der Waals surface area (Å²) in [6.07, 6.45) is 6.32. The lowest BCUT2D eigenvalue weighted by molar-refractivity contribution is 0.435. The van der Waals surface area contributed by atoms with Gasteiger partial charge in [0, 0.05) is 24.7 Å². The SMILES string of the molecule is CCCC1CCCN(c2cc(F)cc(CCl)c2)CC1. The van der Waals surface area contributed by atoms with Gasteiger partial charge in [0.1, 0.15) is 5.82 Å². The highest BCUT2D eigenvalue weighted by molar-refractivity contribution is 6.17. The number of halogens is 2. The predicted octanol–water partition coefficient (Wildman–Crippen LogP) is 4.97. The molecule has 0 radical (unpaired) electrons. The number of anilines is 1. The second-order valence-electron chi connectivity index (χ2n) is 5.52. The van der Waals surface area contributed by atoms with Gasteiger partial charge in [0.25, 0.3) is 0 Å². The van der Waals surface area contributed by atoms with E-state index in [0.717, 1.165) is 30.3 Å². The van der Waals surface area contributed by atoms with Crippen molar-refractivity contribution in [2.45, 2.75) is 44.9 Å². The maximum atomic E-state index is 13.6. The van der Waals surface area contributed by atoms with Crippen LogP contribution in [0.1, 0.15) is 44.6 Å². The summed E-state index contributed by atoms with van der Waals surface area (Å²) < 4.78 is 13.6. The molecule has 0 bridgehead atoms. The molecular formula is C16H23ClFN. The van der Waals surface area contributed by atoms with Crippen molar-refractivity contribution in [1.29, 1.82) is 0 Å². The summed E-state index contributed by atoms with van der Waals surface area (Å²) in [7, 11) is 0. The van der Waals surface area contributed by atoms with Gasteiger partial charge in [-0.05, 0) is 48.9 Å². The molecule has 0 aromatic heterocycles. The fourth-order valence-electron chi connectivity index (χ4n) is 3.01. The van der Waals surface area contributed by atoms with Crippen LogP contribution in [0.4, 0.5) is 10.1 Å². The summed E-state index contributed by atoms with van der Waals surface area (Å²) in [5.41, 5.74) is 1.86. The monoisotopic (exact) mass is 283 g/mol. The summed E-state index contributed by atoms with van der Waals surface area (Å²) in [4.78, 5) is 2.31. The summed E-state index contributed by atoms with van der Waals surface area (Å²) in [6.45, 7) is 4.32. The van der Waals surface area contributed by atoms with Crippen LogP contribution in [0, 0.1) is 11.7 Å². The molecule has 1 unspecified atom stereocenters. The average Bonchev–Trinajstić information content (AvgIpc) is 2.64. The molecule has 1 aliphatic rings. The first-order valence-electron chi connectivity index (χ1n) is 7.33. The van der Waals surface area contributed by atoms with Crippen LogP contribution >= 0.6 is 11.6 Å². The van der Waals surface area contributed by atoms with Crippen LogP contribution in [-0.2, 0) is 5.88 Å². The topological polar surface area (TPSA) is 3.24 Å². The first-order chi connectivity index (χ1) is 9.22. The molecule has 1 heterocycles. The third kappa shape index (κ3) is 4.10. The number of hydrogen-bond acceptors (Lipinski definition) is 1. The molecule has 0 saturated carbocycles. The lowest BCUT2D eigenvalue weighted by Gasteiger charge is -2.23. The molecular weight excluding hydrogens is 261 g/mol. The van der Waals surface area contributed by atoms with Crippen LogP contribution in [0.5, 0.6) is 0 Å². The molecule has 1 nitrogen and oxygen atoms in total. The Balaban J connectivity index is 2.07. The highest BCUT2D eigenvalue weighted by Crippen LogP contribution is 2.27. The second-order valence-corrected chi connectivity index (χ2v) is 5.79. The van der Waals surface area contributed by atoms with Gasteiger partial charge in [-0.1, -0.05) is 19.8 Å². The van der Waals surface area contributed by atoms with Crippen molar-refractivity contribution in [3.05, 3.63) is 29.6 Å². The Morgan fingerprint density at radius 3 is 2.84 bits per heavy atom. The fourth-order valence-corrected chi connectivity index (χ4v) is 3.17. The van der Waals surface area contributed by atoms with Crippen molar-refractivity contribution in [3.8, 4) is 0 Å². The maximum absolute atomic E-state index is 13.6. The molecule has 1 aliphatic heterocycles. The van der Waals surface area contributed by atoms with Gasteiger partial charge in [0.15, 0.2) is 0 Å². The minimum Gasteiger partial charge on any atom is -0.371 e. The zero-order valence-electron chi connectivity index (χ0n) is 11.7. The Morgan fingerprint density at radius 1 is 1.26 bits per heavy atom. The average molecular weight is 284 g/mol. The first kappa shape index (κ1) is 14.6. The maximum Gasteiger partial charge on any atom is 0.125 e. The van der Waals surface area contributed by atoms with E-state index in [-0.39, 0.29) is 5.82 Å². The van der Waals surface area contributed by atoms with Crippen molar-refractivity contribution in [3.63, 3.8) is 0 Å². The molecule has 2 rings (SSSR count). The molecule has 1 aromatic carbocycles. The van der Waals surface area contributed by atoms with Gasteiger partial charge in [0.05, 0.1) is 0 Å². The van der Waals surface area contributed by atoms with Crippen LogP contribution in [0.2, 0.25) is 0 Å². The van der Waals surface area contributed by atoms with E-state index in [0.29, 0.717) is 5.88 Å². The molecule has 3 heteroatoms. The lowest BCUT2D eigenvalue weighted by Crippen LogP contribution is -2.24.